The zero-order valence-corrected chi connectivity index (χ0v) is 11.9. The van der Waals surface area contributed by atoms with Crippen LogP contribution < -0.4 is 5.73 Å². The average Bonchev–Trinajstić information content (AvgIpc) is 2.40. The zero-order chi connectivity index (χ0) is 12.5. The molecule has 0 radical (unpaired) electrons. The molecule has 0 bridgehead atoms. The summed E-state index contributed by atoms with van der Waals surface area (Å²) < 4.78 is 0. The number of rotatable bonds is 1. The van der Waals surface area contributed by atoms with E-state index in [1.54, 1.807) is 0 Å². The van der Waals surface area contributed by atoms with Crippen molar-refractivity contribution in [3.05, 3.63) is 65.2 Å². The summed E-state index contributed by atoms with van der Waals surface area (Å²) in [5.41, 5.74) is 11.1. The predicted molar refractivity (Wildman–Crippen MR) is 82.7 cm³/mol. The van der Waals surface area contributed by atoms with Crippen LogP contribution in [0.3, 0.4) is 0 Å². The van der Waals surface area contributed by atoms with Gasteiger partial charge in [-0.05, 0) is 29.8 Å². The molecule has 0 amide bonds. The molecular formula is C16H19ClN2. The Morgan fingerprint density at radius 3 is 2.53 bits per heavy atom. The monoisotopic (exact) mass is 274 g/mol. The number of nitrogen functional groups attached to an aromatic ring is 1. The van der Waals surface area contributed by atoms with Crippen LogP contribution >= 0.6 is 12.4 Å². The summed E-state index contributed by atoms with van der Waals surface area (Å²) in [6.07, 6.45) is 0. The van der Waals surface area contributed by atoms with Crippen molar-refractivity contribution in [2.45, 2.75) is 12.5 Å². The lowest BCUT2D eigenvalue weighted by Crippen LogP contribution is -2.31. The van der Waals surface area contributed by atoms with Gasteiger partial charge in [0.25, 0.3) is 0 Å². The van der Waals surface area contributed by atoms with Gasteiger partial charge in [0.1, 0.15) is 0 Å². The largest absolute Gasteiger partial charge is 0.398 e. The summed E-state index contributed by atoms with van der Waals surface area (Å²) >= 11 is 0. The molecule has 1 aliphatic heterocycles. The Kier molecular flexibility index (Phi) is 4.13. The fraction of sp³-hybridized carbons (Fsp3) is 0.250. The van der Waals surface area contributed by atoms with Crippen LogP contribution in [-0.4, -0.2) is 18.5 Å². The maximum Gasteiger partial charge on any atom is 0.0362 e. The molecule has 2 N–H and O–H groups in total. The highest BCUT2D eigenvalue weighted by molar-refractivity contribution is 5.85. The molecule has 3 rings (SSSR count). The van der Waals surface area contributed by atoms with Crippen LogP contribution in [0.5, 0.6) is 0 Å². The van der Waals surface area contributed by atoms with Crippen molar-refractivity contribution in [3.63, 3.8) is 0 Å². The Bertz CT molecular complexity index is 554. The molecule has 2 aromatic rings. The highest BCUT2D eigenvalue weighted by atomic mass is 35.5. The normalized spacial score (nSPS) is 18.5. The van der Waals surface area contributed by atoms with E-state index >= 15 is 0 Å². The van der Waals surface area contributed by atoms with Crippen LogP contribution in [0, 0.1) is 0 Å². The quantitative estimate of drug-likeness (QED) is 0.809. The Morgan fingerprint density at radius 2 is 1.79 bits per heavy atom. The van der Waals surface area contributed by atoms with E-state index in [1.807, 2.05) is 6.07 Å². The van der Waals surface area contributed by atoms with Crippen LogP contribution in [0.1, 0.15) is 22.6 Å². The minimum absolute atomic E-state index is 0. The van der Waals surface area contributed by atoms with Gasteiger partial charge in [0.2, 0.25) is 0 Å². The van der Waals surface area contributed by atoms with E-state index in [9.17, 15) is 0 Å². The summed E-state index contributed by atoms with van der Waals surface area (Å²) in [5, 5.41) is 0. The van der Waals surface area contributed by atoms with E-state index < -0.39 is 0 Å². The van der Waals surface area contributed by atoms with Gasteiger partial charge in [-0.15, -0.1) is 12.4 Å². The van der Waals surface area contributed by atoms with Crippen LogP contribution in [0.2, 0.25) is 0 Å². The molecule has 0 saturated heterocycles. The molecule has 0 spiro atoms. The SMILES string of the molecule is CN1Cc2c(N)cccc2[C@H](c2ccccc2)C1.Cl. The number of likely N-dealkylation sites (N-methyl/N-ethyl adjacent to an activating group) is 1. The minimum Gasteiger partial charge on any atom is -0.398 e. The molecular weight excluding hydrogens is 256 g/mol. The van der Waals surface area contributed by atoms with Crippen molar-refractivity contribution in [1.82, 2.24) is 4.90 Å². The maximum absolute atomic E-state index is 6.12. The van der Waals surface area contributed by atoms with Gasteiger partial charge in [-0.2, -0.15) is 0 Å². The van der Waals surface area contributed by atoms with E-state index in [2.05, 4.69) is 54.4 Å². The van der Waals surface area contributed by atoms with Crippen molar-refractivity contribution in [1.29, 1.82) is 0 Å². The minimum atomic E-state index is 0. The van der Waals surface area contributed by atoms with Crippen LogP contribution in [-0.2, 0) is 6.54 Å². The van der Waals surface area contributed by atoms with Gasteiger partial charge in [-0.1, -0.05) is 42.5 Å². The Balaban J connectivity index is 0.00000133. The highest BCUT2D eigenvalue weighted by Crippen LogP contribution is 2.35. The summed E-state index contributed by atoms with van der Waals surface area (Å²) in [7, 11) is 2.16. The summed E-state index contributed by atoms with van der Waals surface area (Å²) in [6, 6.07) is 17.0. The fourth-order valence-corrected chi connectivity index (χ4v) is 2.85. The van der Waals surface area contributed by atoms with Gasteiger partial charge in [0, 0.05) is 24.7 Å². The molecule has 100 valence electrons. The first kappa shape index (κ1) is 13.9. The molecule has 0 aromatic heterocycles. The molecule has 1 heterocycles. The van der Waals surface area contributed by atoms with E-state index in [4.69, 9.17) is 5.73 Å². The number of nitrogens with two attached hydrogens (primary N) is 1. The molecule has 19 heavy (non-hydrogen) atoms. The lowest BCUT2D eigenvalue weighted by molar-refractivity contribution is 0.296. The number of halogens is 1. The van der Waals surface area contributed by atoms with Gasteiger partial charge < -0.3 is 10.6 Å². The Labute approximate surface area is 120 Å². The standard InChI is InChI=1S/C16H18N2.ClH/c1-18-10-14(12-6-3-2-4-7-12)13-8-5-9-16(17)15(13)11-18;/h2-9,14H,10-11,17H2,1H3;1H/t14-;/m0./s1. The first-order valence-electron chi connectivity index (χ1n) is 6.36. The fourth-order valence-electron chi connectivity index (χ4n) is 2.85. The lowest BCUT2D eigenvalue weighted by Gasteiger charge is -2.33. The first-order chi connectivity index (χ1) is 8.75. The van der Waals surface area contributed by atoms with Crippen LogP contribution in [0.4, 0.5) is 5.69 Å². The molecule has 1 atom stereocenters. The Morgan fingerprint density at radius 1 is 1.05 bits per heavy atom. The van der Waals surface area contributed by atoms with Crippen molar-refractivity contribution in [2.24, 2.45) is 0 Å². The van der Waals surface area contributed by atoms with E-state index in [0.29, 0.717) is 5.92 Å². The topological polar surface area (TPSA) is 29.3 Å². The van der Waals surface area contributed by atoms with Gasteiger partial charge in [-0.3, -0.25) is 0 Å². The first-order valence-corrected chi connectivity index (χ1v) is 6.36. The summed E-state index contributed by atoms with van der Waals surface area (Å²) in [5.74, 6) is 0.434. The summed E-state index contributed by atoms with van der Waals surface area (Å²) in [4.78, 5) is 2.34. The molecule has 0 aliphatic carbocycles. The number of nitrogens with zero attached hydrogens (tertiary/aromatic N) is 1. The van der Waals surface area contributed by atoms with Gasteiger partial charge >= 0.3 is 0 Å². The van der Waals surface area contributed by atoms with Crippen molar-refractivity contribution < 1.29 is 0 Å². The summed E-state index contributed by atoms with van der Waals surface area (Å²) in [6.45, 7) is 2.01. The number of hydrogen-bond acceptors (Lipinski definition) is 2. The maximum atomic E-state index is 6.12. The van der Waals surface area contributed by atoms with Crippen LogP contribution in [0.25, 0.3) is 0 Å². The molecule has 2 aromatic carbocycles. The highest BCUT2D eigenvalue weighted by Gasteiger charge is 2.25. The Hall–Kier alpha value is -1.51. The van der Waals surface area contributed by atoms with E-state index in [1.165, 1.54) is 16.7 Å². The smallest absolute Gasteiger partial charge is 0.0362 e. The molecule has 0 fully saturated rings. The van der Waals surface area contributed by atoms with E-state index in [0.717, 1.165) is 18.8 Å². The van der Waals surface area contributed by atoms with E-state index in [-0.39, 0.29) is 12.4 Å². The van der Waals surface area contributed by atoms with Gasteiger partial charge in [0.15, 0.2) is 0 Å². The average molecular weight is 275 g/mol. The predicted octanol–water partition coefficient (Wildman–Crippen LogP) is 3.27. The number of anilines is 1. The number of benzene rings is 2. The van der Waals surface area contributed by atoms with Crippen LogP contribution in [0.15, 0.2) is 48.5 Å². The van der Waals surface area contributed by atoms with Gasteiger partial charge in [0.05, 0.1) is 0 Å². The second-order valence-electron chi connectivity index (χ2n) is 5.08. The third-order valence-corrected chi connectivity index (χ3v) is 3.75. The molecule has 1 aliphatic rings. The third-order valence-electron chi connectivity index (χ3n) is 3.75. The second kappa shape index (κ2) is 5.64. The lowest BCUT2D eigenvalue weighted by atomic mass is 9.84. The van der Waals surface area contributed by atoms with Crippen molar-refractivity contribution >= 4 is 18.1 Å². The van der Waals surface area contributed by atoms with Gasteiger partial charge in [-0.25, -0.2) is 0 Å². The van der Waals surface area contributed by atoms with Crippen molar-refractivity contribution in [2.75, 3.05) is 19.3 Å². The molecule has 3 heteroatoms. The van der Waals surface area contributed by atoms with Crippen molar-refractivity contribution in [3.8, 4) is 0 Å². The third kappa shape index (κ3) is 2.60. The molecule has 2 nitrogen and oxygen atoms in total. The second-order valence-corrected chi connectivity index (χ2v) is 5.08. The number of fused-ring (bicyclic) bond motifs is 1. The number of hydrogen-bond donors (Lipinski definition) is 1. The zero-order valence-electron chi connectivity index (χ0n) is 11.0. The molecule has 0 saturated carbocycles. The molecule has 0 unspecified atom stereocenters.